The number of carbonyl (C=O) groups is 1. The van der Waals surface area contributed by atoms with Crippen molar-refractivity contribution in [2.75, 3.05) is 13.2 Å². The lowest BCUT2D eigenvalue weighted by molar-refractivity contribution is -0.128. The molecule has 142 valence electrons. The van der Waals surface area contributed by atoms with Crippen molar-refractivity contribution in [1.82, 2.24) is 10.2 Å². The predicted octanol–water partition coefficient (Wildman–Crippen LogP) is 3.74. The number of benzene rings is 2. The van der Waals surface area contributed by atoms with Gasteiger partial charge in [-0.15, -0.1) is 0 Å². The molecule has 4 rings (SSSR count). The molecule has 0 saturated carbocycles. The van der Waals surface area contributed by atoms with E-state index in [1.54, 1.807) is 0 Å². The molecule has 4 heteroatoms. The maximum atomic E-state index is 11.8. The lowest BCUT2D eigenvalue weighted by Crippen LogP contribution is -2.29. The van der Waals surface area contributed by atoms with Gasteiger partial charge in [0.05, 0.1) is 12.7 Å². The fourth-order valence-electron chi connectivity index (χ4n) is 4.05. The smallest absolute Gasteiger partial charge is 0.222 e. The Labute approximate surface area is 161 Å². The lowest BCUT2D eigenvalue weighted by atomic mass is 9.98. The van der Waals surface area contributed by atoms with Crippen molar-refractivity contribution in [3.05, 3.63) is 59.7 Å². The van der Waals surface area contributed by atoms with E-state index in [0.29, 0.717) is 18.6 Å². The molecule has 2 aliphatic heterocycles. The van der Waals surface area contributed by atoms with Crippen LogP contribution in [0.3, 0.4) is 0 Å². The first-order valence-electron chi connectivity index (χ1n) is 9.99. The second kappa shape index (κ2) is 8.24. The minimum atomic E-state index is 0.278. The first kappa shape index (κ1) is 18.2. The van der Waals surface area contributed by atoms with Crippen molar-refractivity contribution >= 4 is 5.91 Å². The van der Waals surface area contributed by atoms with Crippen LogP contribution < -0.4 is 5.32 Å². The molecule has 2 aliphatic rings. The van der Waals surface area contributed by atoms with Gasteiger partial charge in [-0.1, -0.05) is 48.5 Å². The van der Waals surface area contributed by atoms with E-state index in [1.165, 1.54) is 22.3 Å². The largest absolute Gasteiger partial charge is 0.377 e. The molecule has 2 aromatic carbocycles. The molecule has 1 N–H and O–H groups in total. The number of rotatable bonds is 6. The third-order valence-corrected chi connectivity index (χ3v) is 5.61. The van der Waals surface area contributed by atoms with Crippen molar-refractivity contribution in [2.45, 2.75) is 51.4 Å². The molecular weight excluding hydrogens is 336 g/mol. The minimum Gasteiger partial charge on any atom is -0.377 e. The third-order valence-electron chi connectivity index (χ3n) is 5.61. The molecule has 0 radical (unpaired) electrons. The Morgan fingerprint density at radius 3 is 2.67 bits per heavy atom. The first-order chi connectivity index (χ1) is 13.2. The predicted molar refractivity (Wildman–Crippen MR) is 107 cm³/mol. The monoisotopic (exact) mass is 364 g/mol. The number of amides is 1. The molecule has 0 aliphatic carbocycles. The van der Waals surface area contributed by atoms with Gasteiger partial charge in [0.25, 0.3) is 0 Å². The van der Waals surface area contributed by atoms with Crippen molar-refractivity contribution in [3.63, 3.8) is 0 Å². The number of hydrogen-bond donors (Lipinski definition) is 1. The molecule has 2 saturated heterocycles. The van der Waals surface area contributed by atoms with Crippen LogP contribution in [0.15, 0.2) is 48.5 Å². The van der Waals surface area contributed by atoms with Crippen LogP contribution in [0, 0.1) is 0 Å². The normalized spacial score (nSPS) is 22.6. The van der Waals surface area contributed by atoms with Gasteiger partial charge in [0, 0.05) is 32.1 Å². The molecule has 2 unspecified atom stereocenters. The number of likely N-dealkylation sites (tertiary alicyclic amines) is 1. The van der Waals surface area contributed by atoms with Crippen LogP contribution in [0.4, 0.5) is 0 Å². The van der Waals surface area contributed by atoms with E-state index in [-0.39, 0.29) is 5.91 Å². The molecule has 2 atom stereocenters. The van der Waals surface area contributed by atoms with Crippen molar-refractivity contribution in [3.8, 4) is 11.1 Å². The van der Waals surface area contributed by atoms with E-state index >= 15 is 0 Å². The van der Waals surface area contributed by atoms with Crippen molar-refractivity contribution in [1.29, 1.82) is 0 Å². The van der Waals surface area contributed by atoms with Gasteiger partial charge in [0.1, 0.15) is 0 Å². The molecule has 2 heterocycles. The summed E-state index contributed by atoms with van der Waals surface area (Å²) in [7, 11) is 0. The highest BCUT2D eigenvalue weighted by Gasteiger charge is 2.22. The molecule has 27 heavy (non-hydrogen) atoms. The van der Waals surface area contributed by atoms with Crippen molar-refractivity contribution < 1.29 is 9.53 Å². The zero-order valence-electron chi connectivity index (χ0n) is 16.0. The summed E-state index contributed by atoms with van der Waals surface area (Å²) in [5.74, 6) is 0.278. The number of hydrogen-bond acceptors (Lipinski definition) is 3. The minimum absolute atomic E-state index is 0.278. The summed E-state index contributed by atoms with van der Waals surface area (Å²) in [6, 6.07) is 17.7. The number of nitrogens with one attached hydrogen (secondary N) is 1. The van der Waals surface area contributed by atoms with Gasteiger partial charge in [0.15, 0.2) is 0 Å². The SMILES string of the molecule is CC1CC(NCc2ccccc2-c2ccc(CN3CCCC3=O)cc2)CO1. The standard InChI is InChI=1S/C23H28N2O2/c1-17-13-21(16-27-17)24-14-20-5-2-3-6-22(20)19-10-8-18(9-11-19)15-25-12-4-7-23(25)26/h2-3,5-6,8-11,17,21,24H,4,7,12-16H2,1H3. The Hall–Kier alpha value is -2.17. The highest BCUT2D eigenvalue weighted by molar-refractivity contribution is 5.78. The molecule has 2 aromatic rings. The number of nitrogens with zero attached hydrogens (tertiary/aromatic N) is 1. The summed E-state index contributed by atoms with van der Waals surface area (Å²) >= 11 is 0. The van der Waals surface area contributed by atoms with E-state index < -0.39 is 0 Å². The average Bonchev–Trinajstić information content (AvgIpc) is 3.29. The van der Waals surface area contributed by atoms with Crippen LogP contribution in [-0.2, 0) is 22.6 Å². The summed E-state index contributed by atoms with van der Waals surface area (Å²) in [5.41, 5.74) is 4.99. The summed E-state index contributed by atoms with van der Waals surface area (Å²) in [6.45, 7) is 5.39. The topological polar surface area (TPSA) is 41.6 Å². The maximum absolute atomic E-state index is 11.8. The van der Waals surface area contributed by atoms with Gasteiger partial charge in [-0.2, -0.15) is 0 Å². The van der Waals surface area contributed by atoms with Crippen LogP contribution >= 0.6 is 0 Å². The second-order valence-corrected chi connectivity index (χ2v) is 7.73. The van der Waals surface area contributed by atoms with Gasteiger partial charge >= 0.3 is 0 Å². The quantitative estimate of drug-likeness (QED) is 0.849. The van der Waals surface area contributed by atoms with Gasteiger partial charge in [-0.3, -0.25) is 4.79 Å². The molecule has 0 bridgehead atoms. The van der Waals surface area contributed by atoms with Crippen LogP contribution in [0.5, 0.6) is 0 Å². The van der Waals surface area contributed by atoms with E-state index in [0.717, 1.165) is 39.1 Å². The Morgan fingerprint density at radius 1 is 1.15 bits per heavy atom. The van der Waals surface area contributed by atoms with Crippen LogP contribution in [0.1, 0.15) is 37.3 Å². The molecule has 2 fully saturated rings. The van der Waals surface area contributed by atoms with Gasteiger partial charge in [-0.25, -0.2) is 0 Å². The molecule has 1 amide bonds. The van der Waals surface area contributed by atoms with Gasteiger partial charge in [-0.05, 0) is 42.0 Å². The fourth-order valence-corrected chi connectivity index (χ4v) is 4.05. The molecule has 0 aromatic heterocycles. The zero-order valence-corrected chi connectivity index (χ0v) is 16.0. The highest BCUT2D eigenvalue weighted by Crippen LogP contribution is 2.25. The highest BCUT2D eigenvalue weighted by atomic mass is 16.5. The maximum Gasteiger partial charge on any atom is 0.222 e. The summed E-state index contributed by atoms with van der Waals surface area (Å²) < 4.78 is 5.65. The first-order valence-corrected chi connectivity index (χ1v) is 9.99. The van der Waals surface area contributed by atoms with Crippen LogP contribution in [0.2, 0.25) is 0 Å². The third kappa shape index (κ3) is 4.40. The van der Waals surface area contributed by atoms with Gasteiger partial charge < -0.3 is 15.0 Å². The summed E-state index contributed by atoms with van der Waals surface area (Å²) in [4.78, 5) is 13.8. The van der Waals surface area contributed by atoms with Crippen LogP contribution in [0.25, 0.3) is 11.1 Å². The Morgan fingerprint density at radius 2 is 1.96 bits per heavy atom. The zero-order chi connectivity index (χ0) is 18.6. The fraction of sp³-hybridized carbons (Fsp3) is 0.435. The second-order valence-electron chi connectivity index (χ2n) is 7.73. The van der Waals surface area contributed by atoms with Crippen molar-refractivity contribution in [2.24, 2.45) is 0 Å². The van der Waals surface area contributed by atoms with E-state index in [2.05, 4.69) is 60.8 Å². The Balaban J connectivity index is 1.44. The van der Waals surface area contributed by atoms with Gasteiger partial charge in [0.2, 0.25) is 5.91 Å². The Kier molecular flexibility index (Phi) is 5.55. The van der Waals surface area contributed by atoms with E-state index in [1.807, 2.05) is 4.90 Å². The summed E-state index contributed by atoms with van der Waals surface area (Å²) in [6.07, 6.45) is 3.12. The molecular formula is C23H28N2O2. The number of carbonyl (C=O) groups excluding carboxylic acids is 1. The summed E-state index contributed by atoms with van der Waals surface area (Å²) in [5, 5.41) is 3.63. The van der Waals surface area contributed by atoms with E-state index in [9.17, 15) is 4.79 Å². The Bertz CT molecular complexity index is 787. The lowest BCUT2D eigenvalue weighted by Gasteiger charge is -2.17. The molecule has 0 spiro atoms. The number of ether oxygens (including phenoxy) is 1. The average molecular weight is 364 g/mol. The molecule has 4 nitrogen and oxygen atoms in total. The van der Waals surface area contributed by atoms with E-state index in [4.69, 9.17) is 4.74 Å². The van der Waals surface area contributed by atoms with Crippen LogP contribution in [-0.4, -0.2) is 36.1 Å².